The molecule has 0 aromatic heterocycles. The third-order valence-electron chi connectivity index (χ3n) is 7.61. The molecule has 3 amide bonds. The number of hydrogen-bond donors (Lipinski definition) is 1. The summed E-state index contributed by atoms with van der Waals surface area (Å²) in [6, 6.07) is 21.3. The summed E-state index contributed by atoms with van der Waals surface area (Å²) in [6.45, 7) is 3.13. The maximum Gasteiger partial charge on any atom is 0.332 e. The van der Waals surface area contributed by atoms with Gasteiger partial charge in [0.05, 0.1) is 28.8 Å². The van der Waals surface area contributed by atoms with E-state index in [0.717, 1.165) is 4.90 Å². The first-order valence-electron chi connectivity index (χ1n) is 14.3. The van der Waals surface area contributed by atoms with Crippen molar-refractivity contribution < 1.29 is 26.8 Å². The SMILES string of the molecule is CN(C)/C=N/S(=O)(=O)c1ccc(Nc2cc(F)ccc2CN2C(=O)N(c3ccc(C#N)c(-c4ccc(F)cc4)c3)C(=O)C2(C)C)cc1. The first-order valence-corrected chi connectivity index (χ1v) is 15.7. The van der Waals surface area contributed by atoms with E-state index in [2.05, 4.69) is 15.8 Å². The van der Waals surface area contributed by atoms with Gasteiger partial charge in [-0.3, -0.25) is 4.79 Å². The number of rotatable bonds is 9. The molecule has 4 aromatic carbocycles. The molecule has 5 rings (SSSR count). The number of hydrogen-bond acceptors (Lipinski definition) is 6. The topological polar surface area (TPSA) is 126 Å². The molecule has 1 aliphatic rings. The van der Waals surface area contributed by atoms with Crippen molar-refractivity contribution in [1.29, 1.82) is 5.26 Å². The molecule has 0 unspecified atom stereocenters. The summed E-state index contributed by atoms with van der Waals surface area (Å²) >= 11 is 0. The quantitative estimate of drug-likeness (QED) is 0.128. The zero-order valence-electron chi connectivity index (χ0n) is 25.9. The number of carbonyl (C=O) groups is 2. The van der Waals surface area contributed by atoms with Crippen LogP contribution in [0.25, 0.3) is 11.1 Å². The van der Waals surface area contributed by atoms with Gasteiger partial charge >= 0.3 is 6.03 Å². The normalized spacial score (nSPS) is 14.5. The molecule has 1 saturated heterocycles. The lowest BCUT2D eigenvalue weighted by atomic mass is 9.98. The summed E-state index contributed by atoms with van der Waals surface area (Å²) in [6.07, 6.45) is 1.18. The van der Waals surface area contributed by atoms with Crippen LogP contribution in [0.15, 0.2) is 94.2 Å². The Hall–Kier alpha value is -5.61. The van der Waals surface area contributed by atoms with Crippen molar-refractivity contribution in [3.8, 4) is 17.2 Å². The molecule has 0 radical (unpaired) electrons. The van der Waals surface area contributed by atoms with Gasteiger partial charge in [0, 0.05) is 31.0 Å². The summed E-state index contributed by atoms with van der Waals surface area (Å²) in [7, 11) is -0.635. The van der Waals surface area contributed by atoms with Gasteiger partial charge in [-0.1, -0.05) is 18.2 Å². The molecule has 1 N–H and O–H groups in total. The summed E-state index contributed by atoms with van der Waals surface area (Å²) in [5.74, 6) is -1.51. The minimum Gasteiger partial charge on any atom is -0.368 e. The van der Waals surface area contributed by atoms with Crippen LogP contribution in [0.5, 0.6) is 0 Å². The minimum absolute atomic E-state index is 0.0333. The molecule has 1 fully saturated rings. The van der Waals surface area contributed by atoms with Crippen molar-refractivity contribution in [1.82, 2.24) is 9.80 Å². The Kier molecular flexibility index (Phi) is 8.82. The molecule has 0 bridgehead atoms. The molecule has 1 heterocycles. The van der Waals surface area contributed by atoms with Crippen LogP contribution in [0, 0.1) is 23.0 Å². The predicted molar refractivity (Wildman–Crippen MR) is 175 cm³/mol. The van der Waals surface area contributed by atoms with E-state index in [0.29, 0.717) is 28.1 Å². The Morgan fingerprint density at radius 2 is 1.60 bits per heavy atom. The number of nitriles is 1. The number of amides is 3. The van der Waals surface area contributed by atoms with Gasteiger partial charge in [-0.2, -0.15) is 13.7 Å². The number of nitrogens with one attached hydrogen (secondary N) is 1. The molecule has 240 valence electrons. The van der Waals surface area contributed by atoms with Gasteiger partial charge in [0.25, 0.3) is 15.9 Å². The molecular weight excluding hydrogens is 626 g/mol. The number of benzene rings is 4. The third kappa shape index (κ3) is 6.68. The fourth-order valence-electron chi connectivity index (χ4n) is 5.02. The average molecular weight is 657 g/mol. The van der Waals surface area contributed by atoms with Gasteiger partial charge in [-0.15, -0.1) is 4.40 Å². The second-order valence-corrected chi connectivity index (χ2v) is 13.2. The monoisotopic (exact) mass is 656 g/mol. The molecule has 0 spiro atoms. The third-order valence-corrected chi connectivity index (χ3v) is 8.85. The standard InChI is InChI=1S/C34H30F2N6O4S/c1-34(2)32(43)42(28-14-8-23(19-37)30(18-28)22-5-9-25(35)10-6-22)33(44)41(34)20-24-7-11-26(36)17-31(24)39-27-12-15-29(16-13-27)47(45,46)38-21-40(3)4/h5-18,21,39H,20H2,1-4H3/b38-21+. The molecule has 47 heavy (non-hydrogen) atoms. The predicted octanol–water partition coefficient (Wildman–Crippen LogP) is 6.27. The number of urea groups is 1. The zero-order chi connectivity index (χ0) is 34.1. The van der Waals surface area contributed by atoms with E-state index in [4.69, 9.17) is 0 Å². The Morgan fingerprint density at radius 1 is 0.936 bits per heavy atom. The second kappa shape index (κ2) is 12.6. The van der Waals surface area contributed by atoms with Crippen LogP contribution >= 0.6 is 0 Å². The van der Waals surface area contributed by atoms with E-state index < -0.39 is 39.1 Å². The van der Waals surface area contributed by atoms with Gasteiger partial charge in [0.2, 0.25) is 0 Å². The van der Waals surface area contributed by atoms with Crippen LogP contribution < -0.4 is 10.2 Å². The van der Waals surface area contributed by atoms with Gasteiger partial charge < -0.3 is 15.1 Å². The first-order chi connectivity index (χ1) is 22.2. The van der Waals surface area contributed by atoms with Crippen molar-refractivity contribution >= 4 is 45.4 Å². The lowest BCUT2D eigenvalue weighted by Gasteiger charge is -2.28. The lowest BCUT2D eigenvalue weighted by Crippen LogP contribution is -2.43. The van der Waals surface area contributed by atoms with Crippen LogP contribution in [-0.2, 0) is 21.4 Å². The second-order valence-electron chi connectivity index (χ2n) is 11.5. The Balaban J connectivity index is 1.43. The fourth-order valence-corrected chi connectivity index (χ4v) is 5.94. The van der Waals surface area contributed by atoms with Gasteiger partial charge in [0.1, 0.15) is 23.5 Å². The van der Waals surface area contributed by atoms with Crippen molar-refractivity contribution in [2.24, 2.45) is 4.40 Å². The van der Waals surface area contributed by atoms with E-state index in [9.17, 15) is 32.0 Å². The fraction of sp³-hybridized carbons (Fsp3) is 0.176. The average Bonchev–Trinajstić information content (AvgIpc) is 3.20. The first kappa shape index (κ1) is 32.8. The maximum absolute atomic E-state index is 14.4. The largest absolute Gasteiger partial charge is 0.368 e. The van der Waals surface area contributed by atoms with Crippen LogP contribution in [0.1, 0.15) is 25.0 Å². The summed E-state index contributed by atoms with van der Waals surface area (Å²) < 4.78 is 56.6. The van der Waals surface area contributed by atoms with Gasteiger partial charge in [-0.25, -0.2) is 18.5 Å². The van der Waals surface area contributed by atoms with E-state index in [1.807, 2.05) is 0 Å². The van der Waals surface area contributed by atoms with E-state index in [1.54, 1.807) is 34.0 Å². The van der Waals surface area contributed by atoms with Crippen molar-refractivity contribution in [3.05, 3.63) is 108 Å². The lowest BCUT2D eigenvalue weighted by molar-refractivity contribution is -0.123. The molecular formula is C34H30F2N6O4S. The molecule has 4 aromatic rings. The Labute approximate surface area is 271 Å². The van der Waals surface area contributed by atoms with Crippen LogP contribution in [0.4, 0.5) is 30.6 Å². The number of halogens is 2. The van der Waals surface area contributed by atoms with Crippen molar-refractivity contribution in [2.45, 2.75) is 30.8 Å². The highest BCUT2D eigenvalue weighted by Gasteiger charge is 2.52. The number of imide groups is 1. The molecule has 0 saturated carbocycles. The summed E-state index contributed by atoms with van der Waals surface area (Å²) in [4.78, 5) is 31.5. The maximum atomic E-state index is 14.4. The number of anilines is 3. The highest BCUT2D eigenvalue weighted by molar-refractivity contribution is 7.90. The van der Waals surface area contributed by atoms with Crippen molar-refractivity contribution in [3.63, 3.8) is 0 Å². The van der Waals surface area contributed by atoms with Crippen molar-refractivity contribution in [2.75, 3.05) is 24.3 Å². The molecule has 0 aliphatic carbocycles. The van der Waals surface area contributed by atoms with Crippen LogP contribution in [0.3, 0.4) is 0 Å². The Morgan fingerprint density at radius 3 is 2.23 bits per heavy atom. The molecule has 10 nitrogen and oxygen atoms in total. The molecule has 13 heteroatoms. The van der Waals surface area contributed by atoms with Gasteiger partial charge in [0.15, 0.2) is 0 Å². The smallest absolute Gasteiger partial charge is 0.332 e. The number of carbonyl (C=O) groups excluding carboxylic acids is 2. The summed E-state index contributed by atoms with van der Waals surface area (Å²) in [5, 5.41) is 12.8. The van der Waals surface area contributed by atoms with E-state index in [1.165, 1.54) is 95.0 Å². The molecule has 0 atom stereocenters. The van der Waals surface area contributed by atoms with E-state index >= 15 is 0 Å². The van der Waals surface area contributed by atoms with Gasteiger partial charge in [-0.05, 0) is 91.7 Å². The molecule has 1 aliphatic heterocycles. The Bertz CT molecular complexity index is 2040. The zero-order valence-corrected chi connectivity index (χ0v) is 26.7. The van der Waals surface area contributed by atoms with Crippen LogP contribution in [0.2, 0.25) is 0 Å². The number of sulfonamides is 1. The van der Waals surface area contributed by atoms with Crippen LogP contribution in [-0.4, -0.2) is 56.1 Å². The highest BCUT2D eigenvalue weighted by atomic mass is 32.2. The number of nitrogens with zero attached hydrogens (tertiary/aromatic N) is 5. The summed E-state index contributed by atoms with van der Waals surface area (Å²) in [5.41, 5.74) is 1.41. The highest BCUT2D eigenvalue weighted by Crippen LogP contribution is 2.37. The minimum atomic E-state index is -3.92. The van der Waals surface area contributed by atoms with E-state index in [-0.39, 0.29) is 22.7 Å².